The highest BCUT2D eigenvalue weighted by Gasteiger charge is 1.95. The van der Waals surface area contributed by atoms with Gasteiger partial charge in [-0.2, -0.15) is 0 Å². The minimum absolute atomic E-state index is 0.226. The number of carbonyl (C=O) groups is 1. The quantitative estimate of drug-likeness (QED) is 0.444. The summed E-state index contributed by atoms with van der Waals surface area (Å²) in [5.74, 6) is 0. The van der Waals surface area contributed by atoms with E-state index in [9.17, 15) is 4.79 Å². The molecule has 13 heavy (non-hydrogen) atoms. The van der Waals surface area contributed by atoms with E-state index in [-0.39, 0.29) is 5.24 Å². The fraction of sp³-hybridized carbons (Fsp3) is 0.889. The van der Waals surface area contributed by atoms with Crippen LogP contribution in [0.15, 0.2) is 0 Å². The number of carbonyl (C=O) groups excluding carboxylic acids is 1. The van der Waals surface area contributed by atoms with Gasteiger partial charge in [0.25, 0.3) is 0 Å². The first-order valence-corrected chi connectivity index (χ1v) is 5.38. The van der Waals surface area contributed by atoms with E-state index in [4.69, 9.17) is 23.5 Å². The van der Waals surface area contributed by atoms with Crippen LogP contribution in [0.5, 0.6) is 0 Å². The number of hydrogen-bond acceptors (Lipinski definition) is 2. The fourth-order valence-corrected chi connectivity index (χ4v) is 1.37. The van der Waals surface area contributed by atoms with Crippen molar-refractivity contribution in [3.63, 3.8) is 0 Å². The highest BCUT2D eigenvalue weighted by atomic mass is 35.5. The maximum absolute atomic E-state index is 10.4. The lowest BCUT2D eigenvalue weighted by Crippen LogP contribution is -1.87. The smallest absolute Gasteiger partial charge is 0.221 e. The third-order valence-corrected chi connectivity index (χ3v) is 2.19. The second-order valence-electron chi connectivity index (χ2n) is 3.04. The van der Waals surface area contributed by atoms with Gasteiger partial charge in [-0.15, -0.1) is 0 Å². The summed E-state index contributed by atoms with van der Waals surface area (Å²) < 4.78 is 4.41. The largest absolute Gasteiger partial charge is 0.281 e. The molecule has 0 radical (unpaired) electrons. The van der Waals surface area contributed by atoms with Crippen molar-refractivity contribution in [1.29, 1.82) is 0 Å². The number of rotatable bonds is 9. The van der Waals surface area contributed by atoms with Crippen LogP contribution in [0, 0.1) is 0 Å². The molecule has 0 aliphatic carbocycles. The lowest BCUT2D eigenvalue weighted by Gasteiger charge is -1.99. The van der Waals surface area contributed by atoms with Crippen LogP contribution >= 0.6 is 23.5 Å². The molecule has 0 aliphatic rings. The van der Waals surface area contributed by atoms with Crippen molar-refractivity contribution in [3.05, 3.63) is 0 Å². The predicted octanol–water partition coefficient (Wildman–Crippen LogP) is 3.65. The predicted molar refractivity (Wildman–Crippen MR) is 55.0 cm³/mol. The molecule has 0 amide bonds. The second-order valence-corrected chi connectivity index (χ2v) is 3.68. The van der Waals surface area contributed by atoms with Gasteiger partial charge in [-0.05, 0) is 24.4 Å². The van der Waals surface area contributed by atoms with E-state index in [1.807, 2.05) is 0 Å². The van der Waals surface area contributed by atoms with Crippen LogP contribution in [0.25, 0.3) is 0 Å². The number of hydrogen-bond donors (Lipinski definition) is 0. The molecule has 0 saturated heterocycles. The van der Waals surface area contributed by atoms with Crippen LogP contribution in [0.3, 0.4) is 0 Å². The van der Waals surface area contributed by atoms with Gasteiger partial charge >= 0.3 is 0 Å². The van der Waals surface area contributed by atoms with Crippen LogP contribution in [-0.4, -0.2) is 11.8 Å². The molecule has 0 atom stereocenters. The molecule has 0 aromatic carbocycles. The van der Waals surface area contributed by atoms with Crippen LogP contribution in [0.4, 0.5) is 0 Å². The van der Waals surface area contributed by atoms with Crippen LogP contribution < -0.4 is 0 Å². The molecular formula is C9H16Cl2O2. The SMILES string of the molecule is O=C(Cl)CCCCCCCCOCl. The van der Waals surface area contributed by atoms with Gasteiger partial charge in [0.15, 0.2) is 0 Å². The molecule has 0 spiro atoms. The van der Waals surface area contributed by atoms with Gasteiger partial charge in [0.1, 0.15) is 0 Å². The zero-order valence-electron chi connectivity index (χ0n) is 7.73. The molecule has 78 valence electrons. The van der Waals surface area contributed by atoms with Gasteiger partial charge in [0.2, 0.25) is 5.24 Å². The summed E-state index contributed by atoms with van der Waals surface area (Å²) in [7, 11) is 0. The van der Waals surface area contributed by atoms with Crippen LogP contribution in [0.2, 0.25) is 0 Å². The molecule has 0 saturated carbocycles. The van der Waals surface area contributed by atoms with E-state index in [0.29, 0.717) is 13.0 Å². The van der Waals surface area contributed by atoms with Crippen LogP contribution in [-0.2, 0) is 9.08 Å². The van der Waals surface area contributed by atoms with Gasteiger partial charge in [-0.25, -0.2) is 0 Å². The molecule has 0 unspecified atom stereocenters. The van der Waals surface area contributed by atoms with E-state index in [2.05, 4.69) is 4.29 Å². The lowest BCUT2D eigenvalue weighted by atomic mass is 10.1. The molecule has 0 fully saturated rings. The van der Waals surface area contributed by atoms with Crippen molar-refractivity contribution in [2.24, 2.45) is 0 Å². The molecule has 0 aliphatic heterocycles. The van der Waals surface area contributed by atoms with E-state index in [1.165, 1.54) is 6.42 Å². The summed E-state index contributed by atoms with van der Waals surface area (Å²) in [6.45, 7) is 0.627. The van der Waals surface area contributed by atoms with Gasteiger partial charge in [-0.3, -0.25) is 9.08 Å². The fourth-order valence-electron chi connectivity index (χ4n) is 1.13. The van der Waals surface area contributed by atoms with Crippen molar-refractivity contribution >= 4 is 28.7 Å². The first-order chi connectivity index (χ1) is 6.27. The van der Waals surface area contributed by atoms with Crippen molar-refractivity contribution in [2.45, 2.75) is 44.9 Å². The van der Waals surface area contributed by atoms with Crippen LogP contribution in [0.1, 0.15) is 44.9 Å². The summed E-state index contributed by atoms with van der Waals surface area (Å²) in [6, 6.07) is 0. The van der Waals surface area contributed by atoms with E-state index in [1.54, 1.807) is 0 Å². The van der Waals surface area contributed by atoms with Crippen molar-refractivity contribution < 1.29 is 9.08 Å². The molecule has 0 bridgehead atoms. The normalized spacial score (nSPS) is 10.3. The average molecular weight is 227 g/mol. The maximum Gasteiger partial charge on any atom is 0.221 e. The zero-order valence-corrected chi connectivity index (χ0v) is 9.24. The molecular weight excluding hydrogens is 211 g/mol. The van der Waals surface area contributed by atoms with E-state index >= 15 is 0 Å². The highest BCUT2D eigenvalue weighted by Crippen LogP contribution is 2.08. The Hall–Kier alpha value is 0.210. The Morgan fingerprint density at radius 2 is 1.54 bits per heavy atom. The van der Waals surface area contributed by atoms with Crippen molar-refractivity contribution in [3.8, 4) is 0 Å². The monoisotopic (exact) mass is 226 g/mol. The first-order valence-electron chi connectivity index (χ1n) is 4.69. The molecule has 0 rings (SSSR count). The van der Waals surface area contributed by atoms with Crippen molar-refractivity contribution in [1.82, 2.24) is 0 Å². The third kappa shape index (κ3) is 12.2. The van der Waals surface area contributed by atoms with Gasteiger partial charge in [-0.1, -0.05) is 25.7 Å². The zero-order chi connectivity index (χ0) is 9.94. The second kappa shape index (κ2) is 10.3. The Kier molecular flexibility index (Phi) is 10.5. The summed E-state index contributed by atoms with van der Waals surface area (Å²) in [5, 5.41) is -0.226. The Labute approximate surface area is 89.7 Å². The first kappa shape index (κ1) is 13.2. The Balaban J connectivity index is 2.87. The molecule has 2 nitrogen and oxygen atoms in total. The molecule has 0 aromatic rings. The van der Waals surface area contributed by atoms with Gasteiger partial charge < -0.3 is 0 Å². The Morgan fingerprint density at radius 1 is 1.00 bits per heavy atom. The number of halogens is 2. The summed E-state index contributed by atoms with van der Waals surface area (Å²) >= 11 is 10.2. The topological polar surface area (TPSA) is 26.3 Å². The highest BCUT2D eigenvalue weighted by molar-refractivity contribution is 6.63. The standard InChI is InChI=1S/C9H16Cl2O2/c10-9(12)7-5-3-1-2-4-6-8-13-11/h1-8H2. The van der Waals surface area contributed by atoms with E-state index < -0.39 is 0 Å². The summed E-state index contributed by atoms with van der Waals surface area (Å²) in [4.78, 5) is 10.4. The lowest BCUT2D eigenvalue weighted by molar-refractivity contribution is -0.111. The third-order valence-electron chi connectivity index (χ3n) is 1.84. The van der Waals surface area contributed by atoms with Crippen molar-refractivity contribution in [2.75, 3.05) is 6.61 Å². The Morgan fingerprint density at radius 3 is 2.08 bits per heavy atom. The minimum atomic E-state index is -0.226. The molecule has 4 heteroatoms. The van der Waals surface area contributed by atoms with E-state index in [0.717, 1.165) is 32.1 Å². The summed E-state index contributed by atoms with van der Waals surface area (Å²) in [6.07, 6.45) is 6.99. The Bertz CT molecular complexity index is 129. The summed E-state index contributed by atoms with van der Waals surface area (Å²) in [5.41, 5.74) is 0. The maximum atomic E-state index is 10.4. The molecule has 0 aromatic heterocycles. The molecule has 0 heterocycles. The molecule has 0 N–H and O–H groups in total. The average Bonchev–Trinajstić information content (AvgIpc) is 2.09. The minimum Gasteiger partial charge on any atom is -0.281 e. The van der Waals surface area contributed by atoms with Gasteiger partial charge in [0, 0.05) is 6.42 Å². The number of unbranched alkanes of at least 4 members (excludes halogenated alkanes) is 5. The van der Waals surface area contributed by atoms with Gasteiger partial charge in [0.05, 0.1) is 18.5 Å².